The van der Waals surface area contributed by atoms with Crippen LogP contribution in [0.2, 0.25) is 0 Å². The summed E-state index contributed by atoms with van der Waals surface area (Å²) < 4.78 is 8.28. The summed E-state index contributed by atoms with van der Waals surface area (Å²) in [6.07, 6.45) is 0. The number of carbonyl (C=O) groups is 2. The molecule has 2 aromatic heterocycles. The van der Waals surface area contributed by atoms with Crippen molar-refractivity contribution in [2.45, 2.75) is 6.04 Å². The predicted octanol–water partition coefficient (Wildman–Crippen LogP) is 2.28. The maximum atomic E-state index is 12.6. The molecule has 0 aliphatic carbocycles. The Morgan fingerprint density at radius 2 is 1.73 bits per heavy atom. The first kappa shape index (κ1) is 19.5. The fraction of sp³-hybridized carbons (Fsp3) is 0.0952. The average Bonchev–Trinajstić information content (AvgIpc) is 3.24. The summed E-state index contributed by atoms with van der Waals surface area (Å²) in [6.45, 7) is 0.166. The lowest BCUT2D eigenvalue weighted by Crippen LogP contribution is -2.38. The number of aromatic nitrogens is 3. The Hall–Kier alpha value is -3.85. The molecule has 2 aromatic carbocycles. The Balaban J connectivity index is 1.50. The molecule has 1 atom stereocenters. The van der Waals surface area contributed by atoms with Crippen molar-refractivity contribution in [3.63, 3.8) is 0 Å². The molecule has 0 saturated carbocycles. The second kappa shape index (κ2) is 8.66. The summed E-state index contributed by atoms with van der Waals surface area (Å²) >= 11 is 1.09. The van der Waals surface area contributed by atoms with Gasteiger partial charge >= 0.3 is 0 Å². The number of benzene rings is 2. The van der Waals surface area contributed by atoms with E-state index >= 15 is 0 Å². The summed E-state index contributed by atoms with van der Waals surface area (Å²) in [5, 5.41) is 5.72. The first-order valence-corrected chi connectivity index (χ1v) is 9.89. The molecule has 0 fully saturated rings. The second-order valence-corrected chi connectivity index (χ2v) is 7.07. The van der Waals surface area contributed by atoms with Crippen molar-refractivity contribution < 1.29 is 9.59 Å². The van der Waals surface area contributed by atoms with Gasteiger partial charge in [-0.2, -0.15) is 8.75 Å². The number of rotatable bonds is 6. The summed E-state index contributed by atoms with van der Waals surface area (Å²) in [4.78, 5) is 39.2. The van der Waals surface area contributed by atoms with Crippen molar-refractivity contribution in [2.24, 2.45) is 0 Å². The van der Waals surface area contributed by atoms with Crippen LogP contribution in [0, 0.1) is 0 Å². The lowest BCUT2D eigenvalue weighted by atomic mass is 10.1. The highest BCUT2D eigenvalue weighted by atomic mass is 32.1. The molecule has 0 aliphatic heterocycles. The molecule has 150 valence electrons. The number of pyridine rings is 1. The van der Waals surface area contributed by atoms with Crippen LogP contribution in [0.15, 0.2) is 71.5 Å². The fourth-order valence-corrected chi connectivity index (χ4v) is 3.49. The zero-order chi connectivity index (χ0) is 20.9. The van der Waals surface area contributed by atoms with E-state index in [9.17, 15) is 14.4 Å². The number of hydrogen-bond donors (Lipinski definition) is 3. The first-order valence-electron chi connectivity index (χ1n) is 9.16. The van der Waals surface area contributed by atoms with Crippen LogP contribution < -0.4 is 16.2 Å². The van der Waals surface area contributed by atoms with E-state index in [0.717, 1.165) is 22.8 Å². The number of H-pyrrole nitrogens is 1. The molecule has 4 rings (SSSR count). The lowest BCUT2D eigenvalue weighted by Gasteiger charge is -2.20. The van der Waals surface area contributed by atoms with Crippen molar-refractivity contribution in [3.05, 3.63) is 93.9 Å². The van der Waals surface area contributed by atoms with E-state index in [1.807, 2.05) is 30.3 Å². The molecule has 0 unspecified atom stereocenters. The maximum Gasteiger partial charge on any atom is 0.268 e. The minimum Gasteiger partial charge on any atom is -0.350 e. The van der Waals surface area contributed by atoms with Crippen LogP contribution >= 0.6 is 11.7 Å². The van der Waals surface area contributed by atoms with Gasteiger partial charge in [-0.3, -0.25) is 14.4 Å². The third-order valence-corrected chi connectivity index (χ3v) is 5.06. The molecule has 0 bridgehead atoms. The molecule has 0 spiro atoms. The van der Waals surface area contributed by atoms with E-state index in [0.29, 0.717) is 11.1 Å². The number of fused-ring (bicyclic) bond motifs is 1. The van der Waals surface area contributed by atoms with Crippen LogP contribution in [-0.2, 0) is 0 Å². The highest BCUT2D eigenvalue weighted by Gasteiger charge is 2.18. The molecule has 8 nitrogen and oxygen atoms in total. The Kier molecular flexibility index (Phi) is 5.62. The van der Waals surface area contributed by atoms with Gasteiger partial charge in [-0.25, -0.2) is 0 Å². The monoisotopic (exact) mass is 419 g/mol. The summed E-state index contributed by atoms with van der Waals surface area (Å²) in [6, 6.07) is 18.3. The van der Waals surface area contributed by atoms with E-state index in [1.165, 1.54) is 18.2 Å². The van der Waals surface area contributed by atoms with Gasteiger partial charge in [0.1, 0.15) is 16.7 Å². The first-order chi connectivity index (χ1) is 14.6. The fourth-order valence-electron chi connectivity index (χ4n) is 2.97. The minimum atomic E-state index is -0.490. The van der Waals surface area contributed by atoms with Gasteiger partial charge in [0.2, 0.25) is 5.56 Å². The zero-order valence-corrected chi connectivity index (χ0v) is 16.5. The molecule has 2 amide bonds. The topological polar surface area (TPSA) is 117 Å². The molecular formula is C21H17N5O3S. The van der Waals surface area contributed by atoms with E-state index < -0.39 is 11.9 Å². The van der Waals surface area contributed by atoms with Gasteiger partial charge in [0.05, 0.1) is 17.8 Å². The highest BCUT2D eigenvalue weighted by molar-refractivity contribution is 7.00. The Labute approximate surface area is 175 Å². The van der Waals surface area contributed by atoms with Gasteiger partial charge in [-0.1, -0.05) is 36.4 Å². The Morgan fingerprint density at radius 1 is 0.933 bits per heavy atom. The van der Waals surface area contributed by atoms with Crippen LogP contribution in [0.5, 0.6) is 0 Å². The number of amides is 2. The zero-order valence-electron chi connectivity index (χ0n) is 15.7. The van der Waals surface area contributed by atoms with Crippen LogP contribution in [0.3, 0.4) is 0 Å². The van der Waals surface area contributed by atoms with Gasteiger partial charge in [0, 0.05) is 18.2 Å². The lowest BCUT2D eigenvalue weighted by molar-refractivity contribution is 0.0905. The third kappa shape index (κ3) is 4.41. The number of hydrogen-bond acceptors (Lipinski definition) is 6. The summed E-state index contributed by atoms with van der Waals surface area (Å²) in [5.41, 5.74) is 2.47. The summed E-state index contributed by atoms with van der Waals surface area (Å²) in [7, 11) is 0. The molecule has 2 heterocycles. The number of carbonyl (C=O) groups excluding carboxylic acids is 2. The van der Waals surface area contributed by atoms with Crippen molar-refractivity contribution in [1.82, 2.24) is 24.4 Å². The van der Waals surface area contributed by atoms with E-state index in [4.69, 9.17) is 0 Å². The van der Waals surface area contributed by atoms with Crippen LogP contribution in [0.25, 0.3) is 11.0 Å². The number of nitrogens with zero attached hydrogens (tertiary/aromatic N) is 2. The van der Waals surface area contributed by atoms with Crippen LogP contribution in [0.4, 0.5) is 0 Å². The molecule has 4 aromatic rings. The van der Waals surface area contributed by atoms with Gasteiger partial charge in [0.25, 0.3) is 11.8 Å². The van der Waals surface area contributed by atoms with Gasteiger partial charge < -0.3 is 15.6 Å². The van der Waals surface area contributed by atoms with Crippen LogP contribution in [0.1, 0.15) is 32.5 Å². The average molecular weight is 419 g/mol. The van der Waals surface area contributed by atoms with Crippen molar-refractivity contribution in [3.8, 4) is 0 Å². The van der Waals surface area contributed by atoms with E-state index in [1.54, 1.807) is 18.2 Å². The number of nitrogens with one attached hydrogen (secondary N) is 3. The summed E-state index contributed by atoms with van der Waals surface area (Å²) in [5.74, 6) is -0.723. The largest absolute Gasteiger partial charge is 0.350 e. The van der Waals surface area contributed by atoms with Gasteiger partial charge in [-0.15, -0.1) is 0 Å². The quantitative estimate of drug-likeness (QED) is 0.443. The van der Waals surface area contributed by atoms with Gasteiger partial charge in [-0.05, 0) is 29.8 Å². The SMILES string of the molecule is O=C(NC[C@@H](NC(=O)c1cccc(=O)[nH]1)c1ccccc1)c1ccc2nsnc2c1. The van der Waals surface area contributed by atoms with E-state index in [2.05, 4.69) is 24.4 Å². The molecule has 30 heavy (non-hydrogen) atoms. The molecule has 0 aliphatic rings. The molecule has 3 N–H and O–H groups in total. The van der Waals surface area contributed by atoms with Crippen molar-refractivity contribution in [2.75, 3.05) is 6.54 Å². The molecule has 0 radical (unpaired) electrons. The van der Waals surface area contributed by atoms with Gasteiger partial charge in [0.15, 0.2) is 0 Å². The van der Waals surface area contributed by atoms with Crippen molar-refractivity contribution >= 4 is 34.6 Å². The molecular weight excluding hydrogens is 402 g/mol. The molecule has 0 saturated heterocycles. The van der Waals surface area contributed by atoms with Crippen LogP contribution in [-0.4, -0.2) is 32.1 Å². The minimum absolute atomic E-state index is 0.149. The molecule has 9 heteroatoms. The smallest absolute Gasteiger partial charge is 0.268 e. The van der Waals surface area contributed by atoms with E-state index in [-0.39, 0.29) is 23.7 Å². The normalized spacial score (nSPS) is 11.7. The number of aromatic amines is 1. The predicted molar refractivity (Wildman–Crippen MR) is 113 cm³/mol. The highest BCUT2D eigenvalue weighted by Crippen LogP contribution is 2.15. The second-order valence-electron chi connectivity index (χ2n) is 6.54. The third-order valence-electron chi connectivity index (χ3n) is 4.50. The Bertz CT molecular complexity index is 1250. The maximum absolute atomic E-state index is 12.6. The Morgan fingerprint density at radius 3 is 2.53 bits per heavy atom. The standard InChI is InChI=1S/C21H17N5O3S/c27-19-8-4-7-16(23-19)21(29)24-18(13-5-2-1-3-6-13)12-22-20(28)14-9-10-15-17(11-14)26-30-25-15/h1-11,18H,12H2,(H,22,28)(H,23,27)(H,24,29)/t18-/m1/s1. The van der Waals surface area contributed by atoms with Crippen molar-refractivity contribution in [1.29, 1.82) is 0 Å².